The van der Waals surface area contributed by atoms with Crippen LogP contribution in [0, 0.1) is 0 Å². The van der Waals surface area contributed by atoms with Crippen molar-refractivity contribution >= 4 is 23.4 Å². The van der Waals surface area contributed by atoms with Crippen molar-refractivity contribution in [1.82, 2.24) is 5.32 Å². The van der Waals surface area contributed by atoms with Gasteiger partial charge in [-0.05, 0) is 52.1 Å². The van der Waals surface area contributed by atoms with Gasteiger partial charge in [-0.25, -0.2) is 4.79 Å². The zero-order valence-corrected chi connectivity index (χ0v) is 22.8. The Morgan fingerprint density at radius 2 is 1.41 bits per heavy atom. The first kappa shape index (κ1) is 26.6. The second kappa shape index (κ2) is 12.3. The van der Waals surface area contributed by atoms with Gasteiger partial charge in [-0.1, -0.05) is 78.9 Å². The highest BCUT2D eigenvalue weighted by atomic mass is 16.5. The number of nitrogens with zero attached hydrogens (tertiary/aromatic N) is 1. The zero-order valence-electron chi connectivity index (χ0n) is 22.8. The molecule has 0 bridgehead atoms. The Balaban J connectivity index is 1.13. The summed E-state index contributed by atoms with van der Waals surface area (Å²) < 4.78 is 11.2. The predicted molar refractivity (Wildman–Crippen MR) is 160 cm³/mol. The van der Waals surface area contributed by atoms with Crippen LogP contribution < -0.4 is 15.5 Å². The summed E-state index contributed by atoms with van der Waals surface area (Å²) in [5, 5.41) is 5.79. The molecule has 0 aromatic heterocycles. The maximum absolute atomic E-state index is 13.4. The third-order valence-electron chi connectivity index (χ3n) is 7.75. The summed E-state index contributed by atoms with van der Waals surface area (Å²) in [6.45, 7) is 3.29. The van der Waals surface area contributed by atoms with Crippen molar-refractivity contribution in [3.63, 3.8) is 0 Å². The van der Waals surface area contributed by atoms with Crippen LogP contribution in [0.2, 0.25) is 0 Å². The minimum atomic E-state index is -0.813. The van der Waals surface area contributed by atoms with Crippen LogP contribution >= 0.6 is 0 Å². The van der Waals surface area contributed by atoms with E-state index in [9.17, 15) is 9.59 Å². The van der Waals surface area contributed by atoms with Gasteiger partial charge in [0.1, 0.15) is 12.6 Å². The van der Waals surface area contributed by atoms with Crippen molar-refractivity contribution in [3.8, 4) is 11.1 Å². The number of amides is 2. The van der Waals surface area contributed by atoms with Gasteiger partial charge in [-0.3, -0.25) is 4.79 Å². The Kier molecular flexibility index (Phi) is 7.96. The molecule has 0 saturated carbocycles. The number of benzene rings is 4. The van der Waals surface area contributed by atoms with Crippen molar-refractivity contribution in [2.75, 3.05) is 43.1 Å². The van der Waals surface area contributed by atoms with E-state index in [0.717, 1.165) is 46.6 Å². The van der Waals surface area contributed by atoms with Crippen LogP contribution in [0.4, 0.5) is 16.2 Å². The van der Waals surface area contributed by atoms with Crippen LogP contribution in [-0.4, -0.2) is 51.0 Å². The van der Waals surface area contributed by atoms with E-state index < -0.39 is 12.1 Å². The van der Waals surface area contributed by atoms with E-state index in [1.165, 1.54) is 0 Å². The van der Waals surface area contributed by atoms with E-state index >= 15 is 0 Å². The highest BCUT2D eigenvalue weighted by Crippen LogP contribution is 2.44. The first-order valence-corrected chi connectivity index (χ1v) is 14.0. The first-order valence-electron chi connectivity index (χ1n) is 14.0. The summed E-state index contributed by atoms with van der Waals surface area (Å²) >= 11 is 0. The second-order valence-corrected chi connectivity index (χ2v) is 10.3. The van der Waals surface area contributed by atoms with E-state index in [2.05, 4.69) is 39.8 Å². The molecule has 0 unspecified atom stereocenters. The monoisotopic (exact) mass is 547 g/mol. The fourth-order valence-electron chi connectivity index (χ4n) is 5.65. The molecule has 6 rings (SSSR count). The Labute approximate surface area is 240 Å². The average molecular weight is 548 g/mol. The number of nitrogens with one attached hydrogen (secondary N) is 2. The smallest absolute Gasteiger partial charge is 0.407 e. The van der Waals surface area contributed by atoms with E-state index in [4.69, 9.17) is 9.47 Å². The molecule has 1 fully saturated rings. The van der Waals surface area contributed by atoms with E-state index in [-0.39, 0.29) is 18.4 Å². The van der Waals surface area contributed by atoms with Gasteiger partial charge in [-0.2, -0.15) is 0 Å². The molecule has 1 atom stereocenters. The lowest BCUT2D eigenvalue weighted by Gasteiger charge is -2.29. The van der Waals surface area contributed by atoms with Gasteiger partial charge in [0.25, 0.3) is 0 Å². The number of morpholine rings is 1. The van der Waals surface area contributed by atoms with Crippen LogP contribution in [0.1, 0.15) is 22.6 Å². The fraction of sp³-hybridized carbons (Fsp3) is 0.235. The van der Waals surface area contributed by atoms with Crippen LogP contribution in [0.5, 0.6) is 0 Å². The summed E-state index contributed by atoms with van der Waals surface area (Å²) in [6, 6.07) is 33.0. The molecular weight excluding hydrogens is 514 g/mol. The Morgan fingerprint density at radius 3 is 2.07 bits per heavy atom. The summed E-state index contributed by atoms with van der Waals surface area (Å²) in [5.74, 6) is -0.360. The van der Waals surface area contributed by atoms with Crippen molar-refractivity contribution in [3.05, 3.63) is 120 Å². The quantitative estimate of drug-likeness (QED) is 0.300. The van der Waals surface area contributed by atoms with Crippen LogP contribution in [0.25, 0.3) is 11.1 Å². The van der Waals surface area contributed by atoms with Crippen molar-refractivity contribution in [1.29, 1.82) is 0 Å². The largest absolute Gasteiger partial charge is 0.449 e. The molecule has 7 nitrogen and oxygen atoms in total. The molecule has 2 amide bonds. The highest BCUT2D eigenvalue weighted by molar-refractivity contribution is 5.97. The van der Waals surface area contributed by atoms with Crippen molar-refractivity contribution in [2.45, 2.75) is 18.4 Å². The molecule has 4 aromatic carbocycles. The number of hydrogen-bond donors (Lipinski definition) is 2. The lowest BCUT2D eigenvalue weighted by atomic mass is 9.98. The molecule has 41 heavy (non-hydrogen) atoms. The number of carbonyl (C=O) groups excluding carboxylic acids is 2. The molecule has 2 aliphatic rings. The molecule has 2 N–H and O–H groups in total. The Morgan fingerprint density at radius 1 is 0.805 bits per heavy atom. The standard InChI is InChI=1S/C34H33N3O4/c38-33(35-25-14-16-26(17-15-25)37-18-20-40-21-19-37)32(22-24-8-2-1-3-9-24)36-34(39)41-23-31-29-12-6-4-10-27(29)28-11-5-7-13-30(28)31/h1-17,31-32H,18-23H2,(H,35,38)(H,36,39)/t32-/m0/s1. The molecule has 0 radical (unpaired) electrons. The highest BCUT2D eigenvalue weighted by Gasteiger charge is 2.30. The first-order chi connectivity index (χ1) is 20.2. The molecular formula is C34H33N3O4. The number of fused-ring (bicyclic) bond motifs is 3. The minimum absolute atomic E-state index is 0.0560. The van der Waals surface area contributed by atoms with Crippen molar-refractivity contribution < 1.29 is 19.1 Å². The van der Waals surface area contributed by atoms with Crippen molar-refractivity contribution in [2.24, 2.45) is 0 Å². The topological polar surface area (TPSA) is 79.9 Å². The lowest BCUT2D eigenvalue weighted by Crippen LogP contribution is -2.45. The molecule has 4 aromatic rings. The molecule has 1 aliphatic heterocycles. The average Bonchev–Trinajstić information content (AvgIpc) is 3.34. The number of carbonyl (C=O) groups is 2. The van der Waals surface area contributed by atoms with Gasteiger partial charge in [0.2, 0.25) is 5.91 Å². The summed E-state index contributed by atoms with van der Waals surface area (Å²) in [5.41, 5.74) is 7.30. The third-order valence-corrected chi connectivity index (χ3v) is 7.75. The lowest BCUT2D eigenvalue weighted by molar-refractivity contribution is -0.118. The van der Waals surface area contributed by atoms with Crippen LogP contribution in [0.3, 0.4) is 0 Å². The van der Waals surface area contributed by atoms with Crippen LogP contribution in [0.15, 0.2) is 103 Å². The Hall–Kier alpha value is -4.62. The summed E-state index contributed by atoms with van der Waals surface area (Å²) in [7, 11) is 0. The third kappa shape index (κ3) is 6.10. The Bertz CT molecular complexity index is 1450. The zero-order chi connectivity index (χ0) is 28.0. The van der Waals surface area contributed by atoms with E-state index in [1.54, 1.807) is 0 Å². The van der Waals surface area contributed by atoms with Gasteiger partial charge >= 0.3 is 6.09 Å². The number of alkyl carbamates (subject to hydrolysis) is 1. The summed E-state index contributed by atoms with van der Waals surface area (Å²) in [4.78, 5) is 28.7. The summed E-state index contributed by atoms with van der Waals surface area (Å²) in [6.07, 6.45) is -0.284. The molecule has 1 saturated heterocycles. The molecule has 1 aliphatic carbocycles. The normalized spacial score (nSPS) is 15.0. The number of anilines is 2. The molecule has 7 heteroatoms. The predicted octanol–water partition coefficient (Wildman–Crippen LogP) is 5.61. The van der Waals surface area contributed by atoms with E-state index in [0.29, 0.717) is 25.3 Å². The van der Waals surface area contributed by atoms with Gasteiger partial charge in [-0.15, -0.1) is 0 Å². The second-order valence-electron chi connectivity index (χ2n) is 10.3. The van der Waals surface area contributed by atoms with Gasteiger partial charge < -0.3 is 25.0 Å². The number of ether oxygens (including phenoxy) is 2. The molecule has 208 valence electrons. The number of hydrogen-bond acceptors (Lipinski definition) is 5. The van der Waals surface area contributed by atoms with Crippen LogP contribution in [-0.2, 0) is 20.7 Å². The van der Waals surface area contributed by atoms with Gasteiger partial charge in [0.15, 0.2) is 0 Å². The SMILES string of the molecule is O=C(N[C@@H](Cc1ccccc1)C(=O)Nc1ccc(N2CCOCC2)cc1)OCC1c2ccccc2-c2ccccc21. The fourth-order valence-corrected chi connectivity index (χ4v) is 5.65. The maximum Gasteiger partial charge on any atom is 0.407 e. The minimum Gasteiger partial charge on any atom is -0.449 e. The number of rotatable bonds is 8. The molecule has 1 heterocycles. The van der Waals surface area contributed by atoms with E-state index in [1.807, 2.05) is 78.9 Å². The molecule has 0 spiro atoms. The maximum atomic E-state index is 13.4. The van der Waals surface area contributed by atoms with Gasteiger partial charge in [0.05, 0.1) is 13.2 Å². The van der Waals surface area contributed by atoms with Gasteiger partial charge in [0, 0.05) is 36.8 Å².